The smallest absolute Gasteiger partial charge is 0.338 e. The first-order chi connectivity index (χ1) is 7.56. The normalized spacial score (nSPS) is 9.62. The van der Waals surface area contributed by atoms with Crippen molar-refractivity contribution in [1.29, 1.82) is 0 Å². The van der Waals surface area contributed by atoms with E-state index in [-0.39, 0.29) is 11.8 Å². The van der Waals surface area contributed by atoms with Gasteiger partial charge in [0, 0.05) is 5.56 Å². The Hall–Kier alpha value is -1.90. The van der Waals surface area contributed by atoms with E-state index in [2.05, 4.69) is 6.58 Å². The Kier molecular flexibility index (Phi) is 4.00. The molecule has 1 rings (SSSR count). The lowest BCUT2D eigenvalue weighted by Crippen LogP contribution is -2.05. The maximum atomic E-state index is 11.5. The van der Waals surface area contributed by atoms with Crippen LogP contribution in [-0.4, -0.2) is 18.4 Å². The second-order valence-corrected chi connectivity index (χ2v) is 3.41. The van der Waals surface area contributed by atoms with Crippen LogP contribution in [0.5, 0.6) is 0 Å². The van der Waals surface area contributed by atoms with E-state index in [1.807, 2.05) is 0 Å². The summed E-state index contributed by atoms with van der Waals surface area (Å²) in [6, 6.07) is 6.36. The third-order valence-corrected chi connectivity index (χ3v) is 2.05. The van der Waals surface area contributed by atoms with Gasteiger partial charge in [-0.2, -0.15) is 0 Å². The van der Waals surface area contributed by atoms with Crippen molar-refractivity contribution in [2.24, 2.45) is 0 Å². The van der Waals surface area contributed by atoms with Gasteiger partial charge < -0.3 is 4.74 Å². The molecule has 3 heteroatoms. The number of esters is 1. The van der Waals surface area contributed by atoms with Gasteiger partial charge in [0.05, 0.1) is 12.2 Å². The molecule has 0 aliphatic rings. The molecule has 3 nitrogen and oxygen atoms in total. The van der Waals surface area contributed by atoms with E-state index in [0.717, 1.165) is 0 Å². The van der Waals surface area contributed by atoms with Crippen LogP contribution in [0.2, 0.25) is 0 Å². The maximum absolute atomic E-state index is 11.5. The molecule has 0 bridgehead atoms. The molecule has 0 heterocycles. The van der Waals surface area contributed by atoms with Gasteiger partial charge in [0.2, 0.25) is 0 Å². The largest absolute Gasteiger partial charge is 0.462 e. The van der Waals surface area contributed by atoms with Crippen LogP contribution in [0.1, 0.15) is 34.6 Å². The lowest BCUT2D eigenvalue weighted by molar-refractivity contribution is 0.0526. The third-order valence-electron chi connectivity index (χ3n) is 2.05. The summed E-state index contributed by atoms with van der Waals surface area (Å²) >= 11 is 0. The summed E-state index contributed by atoms with van der Waals surface area (Å²) in [5.74, 6) is -0.493. The molecule has 0 amide bonds. The molecular formula is C13H14O3. The minimum Gasteiger partial charge on any atom is -0.462 e. The molecule has 1 aromatic rings. The summed E-state index contributed by atoms with van der Waals surface area (Å²) in [6.45, 7) is 7.32. The van der Waals surface area contributed by atoms with E-state index in [1.54, 1.807) is 38.1 Å². The molecule has 0 N–H and O–H groups in total. The summed E-state index contributed by atoms with van der Waals surface area (Å²) in [6.07, 6.45) is 0. The van der Waals surface area contributed by atoms with E-state index in [9.17, 15) is 9.59 Å². The number of hydrogen-bond donors (Lipinski definition) is 0. The Bertz CT molecular complexity index is 415. The highest BCUT2D eigenvalue weighted by molar-refractivity contribution is 6.08. The van der Waals surface area contributed by atoms with E-state index in [4.69, 9.17) is 4.74 Å². The van der Waals surface area contributed by atoms with Crippen LogP contribution in [0, 0.1) is 0 Å². The maximum Gasteiger partial charge on any atom is 0.338 e. The second-order valence-electron chi connectivity index (χ2n) is 3.41. The topological polar surface area (TPSA) is 43.4 Å². The van der Waals surface area contributed by atoms with Crippen LogP contribution in [0.25, 0.3) is 0 Å². The van der Waals surface area contributed by atoms with Crippen LogP contribution >= 0.6 is 0 Å². The fourth-order valence-electron chi connectivity index (χ4n) is 1.22. The molecule has 0 unspecified atom stereocenters. The van der Waals surface area contributed by atoms with Gasteiger partial charge in [0.15, 0.2) is 5.78 Å². The number of hydrogen-bond acceptors (Lipinski definition) is 3. The molecule has 0 fully saturated rings. The van der Waals surface area contributed by atoms with Crippen molar-refractivity contribution >= 4 is 11.8 Å². The zero-order valence-corrected chi connectivity index (χ0v) is 9.45. The second kappa shape index (κ2) is 5.26. The van der Waals surface area contributed by atoms with Crippen LogP contribution < -0.4 is 0 Å². The minimum absolute atomic E-state index is 0.115. The molecule has 0 saturated heterocycles. The molecule has 0 spiro atoms. The molecule has 0 aliphatic carbocycles. The van der Waals surface area contributed by atoms with Gasteiger partial charge >= 0.3 is 5.97 Å². The van der Waals surface area contributed by atoms with Crippen molar-refractivity contribution < 1.29 is 14.3 Å². The van der Waals surface area contributed by atoms with Crippen LogP contribution in [0.15, 0.2) is 36.4 Å². The number of ether oxygens (including phenoxy) is 1. The number of carbonyl (C=O) groups is 2. The molecular weight excluding hydrogens is 204 g/mol. The summed E-state index contributed by atoms with van der Waals surface area (Å²) in [5.41, 5.74) is 1.45. The first-order valence-electron chi connectivity index (χ1n) is 5.03. The van der Waals surface area contributed by atoms with Gasteiger partial charge in [0.25, 0.3) is 0 Å². The lowest BCUT2D eigenvalue weighted by Gasteiger charge is -2.03. The molecule has 0 aromatic heterocycles. The number of ketones is 1. The molecule has 0 atom stereocenters. The van der Waals surface area contributed by atoms with Gasteiger partial charge in [-0.1, -0.05) is 18.7 Å². The first kappa shape index (κ1) is 12.2. The van der Waals surface area contributed by atoms with Crippen molar-refractivity contribution in [3.8, 4) is 0 Å². The first-order valence-corrected chi connectivity index (χ1v) is 5.03. The molecule has 0 aliphatic heterocycles. The highest BCUT2D eigenvalue weighted by atomic mass is 16.5. The average Bonchev–Trinajstić information content (AvgIpc) is 2.28. The zero-order chi connectivity index (χ0) is 12.1. The molecule has 16 heavy (non-hydrogen) atoms. The summed E-state index contributed by atoms with van der Waals surface area (Å²) in [7, 11) is 0. The van der Waals surface area contributed by atoms with E-state index in [0.29, 0.717) is 23.3 Å². The zero-order valence-electron chi connectivity index (χ0n) is 9.45. The predicted molar refractivity (Wildman–Crippen MR) is 61.5 cm³/mol. The van der Waals surface area contributed by atoms with Crippen LogP contribution in [-0.2, 0) is 4.74 Å². The standard InChI is InChI=1S/C13H14O3/c1-4-16-13(15)11-7-5-10(6-8-11)12(14)9(2)3/h5-8H,2,4H2,1,3H3. The van der Waals surface area contributed by atoms with Crippen molar-refractivity contribution in [1.82, 2.24) is 0 Å². The van der Waals surface area contributed by atoms with Crippen LogP contribution in [0.3, 0.4) is 0 Å². The Morgan fingerprint density at radius 1 is 1.19 bits per heavy atom. The monoisotopic (exact) mass is 218 g/mol. The van der Waals surface area contributed by atoms with E-state index >= 15 is 0 Å². The summed E-state index contributed by atoms with van der Waals surface area (Å²) in [5, 5.41) is 0. The highest BCUT2D eigenvalue weighted by Crippen LogP contribution is 2.09. The van der Waals surface area contributed by atoms with Gasteiger partial charge in [0.1, 0.15) is 0 Å². The van der Waals surface area contributed by atoms with Gasteiger partial charge in [-0.3, -0.25) is 4.79 Å². The van der Waals surface area contributed by atoms with Crippen molar-refractivity contribution in [3.63, 3.8) is 0 Å². The number of rotatable bonds is 4. The fraction of sp³-hybridized carbons (Fsp3) is 0.231. The molecule has 0 radical (unpaired) electrons. The van der Waals surface area contributed by atoms with E-state index < -0.39 is 0 Å². The Morgan fingerprint density at radius 3 is 2.12 bits per heavy atom. The number of allylic oxidation sites excluding steroid dienone is 1. The SMILES string of the molecule is C=C(C)C(=O)c1ccc(C(=O)OCC)cc1. The molecule has 84 valence electrons. The van der Waals surface area contributed by atoms with Gasteiger partial charge in [-0.25, -0.2) is 4.79 Å². The number of Topliss-reactive ketones (excluding diaryl/α,β-unsaturated/α-hetero) is 1. The fourth-order valence-corrected chi connectivity index (χ4v) is 1.22. The van der Waals surface area contributed by atoms with Gasteiger partial charge in [-0.15, -0.1) is 0 Å². The quantitative estimate of drug-likeness (QED) is 0.443. The Labute approximate surface area is 94.7 Å². The number of benzene rings is 1. The van der Waals surface area contributed by atoms with Crippen molar-refractivity contribution in [3.05, 3.63) is 47.5 Å². The molecule has 1 aromatic carbocycles. The summed E-state index contributed by atoms with van der Waals surface area (Å²) < 4.78 is 4.83. The Morgan fingerprint density at radius 2 is 1.69 bits per heavy atom. The predicted octanol–water partition coefficient (Wildman–Crippen LogP) is 2.62. The third kappa shape index (κ3) is 2.79. The van der Waals surface area contributed by atoms with E-state index in [1.165, 1.54) is 0 Å². The highest BCUT2D eigenvalue weighted by Gasteiger charge is 2.09. The minimum atomic E-state index is -0.378. The Balaban J connectivity index is 2.87. The molecule has 0 saturated carbocycles. The van der Waals surface area contributed by atoms with Crippen molar-refractivity contribution in [2.75, 3.05) is 6.61 Å². The average molecular weight is 218 g/mol. The van der Waals surface area contributed by atoms with Crippen LogP contribution in [0.4, 0.5) is 0 Å². The van der Waals surface area contributed by atoms with Crippen molar-refractivity contribution in [2.45, 2.75) is 13.8 Å². The number of carbonyl (C=O) groups excluding carboxylic acids is 2. The lowest BCUT2D eigenvalue weighted by atomic mass is 10.0. The van der Waals surface area contributed by atoms with Gasteiger partial charge in [-0.05, 0) is 31.6 Å². The summed E-state index contributed by atoms with van der Waals surface area (Å²) in [4.78, 5) is 22.9.